The number of hydrogen-bond acceptors (Lipinski definition) is 13. The minimum atomic E-state index is -3.13. The number of aliphatic hydroxyl groups is 1. The zero-order chi connectivity index (χ0) is 42.5. The second-order valence-corrected chi connectivity index (χ2v) is 17.6. The quantitative estimate of drug-likeness (QED) is 0.274. The van der Waals surface area contributed by atoms with Gasteiger partial charge in [-0.1, -0.05) is 39.8 Å². The summed E-state index contributed by atoms with van der Waals surface area (Å²) in [4.78, 5) is 54.1. The van der Waals surface area contributed by atoms with Crippen molar-refractivity contribution in [1.29, 1.82) is 0 Å². The molecule has 58 heavy (non-hydrogen) atoms. The lowest BCUT2D eigenvalue weighted by Gasteiger charge is -2.47. The highest BCUT2D eigenvalue weighted by Gasteiger charge is 2.63. The number of aliphatic hydroxyl groups excluding tert-OH is 1. The van der Waals surface area contributed by atoms with Gasteiger partial charge in [-0.05, 0) is 85.5 Å². The van der Waals surface area contributed by atoms with Crippen molar-refractivity contribution in [3.63, 3.8) is 0 Å². The van der Waals surface area contributed by atoms with Crippen LogP contribution in [-0.4, -0.2) is 147 Å². The predicted molar refractivity (Wildman–Crippen MR) is 213 cm³/mol. The molecule has 16 heteroatoms. The summed E-state index contributed by atoms with van der Waals surface area (Å²) in [5, 5.41) is 15.0. The number of benzene rings is 1. The number of methoxy groups -OCH3 is 1. The summed E-state index contributed by atoms with van der Waals surface area (Å²) in [5.41, 5.74) is -3.23. The van der Waals surface area contributed by atoms with Crippen LogP contribution in [0.1, 0.15) is 81.1 Å². The lowest BCUT2D eigenvalue weighted by atomic mass is 9.73. The van der Waals surface area contributed by atoms with Crippen LogP contribution in [0.5, 0.6) is 0 Å². The number of imidazole rings is 1. The normalized spacial score (nSPS) is 39.3. The number of amides is 1. The van der Waals surface area contributed by atoms with Crippen molar-refractivity contribution in [3.05, 3.63) is 30.6 Å². The van der Waals surface area contributed by atoms with Crippen LogP contribution < -0.4 is 0 Å². The van der Waals surface area contributed by atoms with Crippen molar-refractivity contribution in [2.24, 2.45) is 22.7 Å². The fraction of sp³-hybridized carbons (Fsp3) is 0.738. The number of alkyl halides is 1. The molecule has 15 nitrogen and oxygen atoms in total. The summed E-state index contributed by atoms with van der Waals surface area (Å²) in [7, 11) is 5.20. The van der Waals surface area contributed by atoms with Gasteiger partial charge in [0, 0.05) is 43.8 Å². The Morgan fingerprint density at radius 2 is 1.76 bits per heavy atom. The monoisotopic (exact) mass is 814 g/mol. The Morgan fingerprint density at radius 3 is 2.43 bits per heavy atom. The van der Waals surface area contributed by atoms with E-state index in [1.54, 1.807) is 32.1 Å². The standard InChI is InChI=1S/C42H63FN6O9/c1-12-31-42(8)34-26(4)32(45-23-48(49(34)39(53)58-42)19-15-18-47-22-44-28-16-13-14-17-29(28)47)24(2)21-40(6,54-11)36(27(5)35(51)41(7,43)38(52)56-31)57-37-33(50)30(46(9)10)20-25(3)55-37/h13-14,16-17,22,24-27,30-31,33-34,36-37,50H,12,15,18-21,23H2,1-11H3/t24-,25-,26-,27+,30+,31+,33-,34-,36-,37+,40+,41?,42-/m1/s1. The van der Waals surface area contributed by atoms with E-state index in [1.165, 1.54) is 14.0 Å². The minimum Gasteiger partial charge on any atom is -0.455 e. The third-order valence-corrected chi connectivity index (χ3v) is 13.2. The van der Waals surface area contributed by atoms with Crippen LogP contribution in [0.2, 0.25) is 0 Å². The fourth-order valence-corrected chi connectivity index (χ4v) is 9.97. The van der Waals surface area contributed by atoms with Crippen molar-refractivity contribution in [2.45, 2.75) is 147 Å². The van der Waals surface area contributed by atoms with Gasteiger partial charge < -0.3 is 38.3 Å². The Balaban J connectivity index is 1.40. The number of ketones is 1. The molecule has 2 aromatic rings. The molecular formula is C42H63FN6O9. The van der Waals surface area contributed by atoms with Gasteiger partial charge in [0.1, 0.15) is 24.9 Å². The highest BCUT2D eigenvalue weighted by Crippen LogP contribution is 2.45. The van der Waals surface area contributed by atoms with E-state index in [0.717, 1.165) is 23.7 Å². The lowest BCUT2D eigenvalue weighted by molar-refractivity contribution is -0.295. The third kappa shape index (κ3) is 7.92. The zero-order valence-electron chi connectivity index (χ0n) is 35.9. The van der Waals surface area contributed by atoms with Crippen molar-refractivity contribution in [2.75, 3.05) is 34.4 Å². The molecule has 13 atom stereocenters. The van der Waals surface area contributed by atoms with E-state index >= 15 is 4.39 Å². The van der Waals surface area contributed by atoms with Gasteiger partial charge in [0.05, 0.1) is 35.2 Å². The van der Waals surface area contributed by atoms with Crippen LogP contribution in [0.15, 0.2) is 35.6 Å². The molecule has 0 aliphatic carbocycles. The number of halogens is 1. The maximum Gasteiger partial charge on any atom is 0.425 e. The third-order valence-electron chi connectivity index (χ3n) is 13.2. The van der Waals surface area contributed by atoms with Gasteiger partial charge in [-0.3, -0.25) is 9.79 Å². The molecule has 1 N–H and O–H groups in total. The Bertz CT molecular complexity index is 1860. The number of ether oxygens (including phenoxy) is 5. The van der Waals surface area contributed by atoms with E-state index < -0.39 is 77.2 Å². The summed E-state index contributed by atoms with van der Waals surface area (Å²) in [6, 6.07) is 6.84. The largest absolute Gasteiger partial charge is 0.455 e. The Labute approximate surface area is 341 Å². The first-order chi connectivity index (χ1) is 27.3. The number of cyclic esters (lactones) is 1. The Kier molecular flexibility index (Phi) is 12.8. The second-order valence-electron chi connectivity index (χ2n) is 17.6. The molecule has 1 aromatic carbocycles. The Morgan fingerprint density at radius 1 is 1.05 bits per heavy atom. The van der Waals surface area contributed by atoms with E-state index in [-0.39, 0.29) is 37.6 Å². The molecule has 1 amide bonds. The van der Waals surface area contributed by atoms with Crippen LogP contribution in [0, 0.1) is 17.8 Å². The molecule has 0 saturated carbocycles. The number of hydrogen-bond donors (Lipinski definition) is 1. The molecule has 3 saturated heterocycles. The summed E-state index contributed by atoms with van der Waals surface area (Å²) >= 11 is 0. The molecule has 3 fully saturated rings. The SMILES string of the molecule is CC[C@@H]1OC(=O)C(C)(F)C(=O)[C@H](C)[C@@H](O[C@@H]2O[C@H](C)C[C@H](N(C)C)[C@H]2O)[C@@](C)(OC)C[C@@H](C)C2=NCN(CCCn3cnc4ccccc43)N3C(=O)O[C@@]1(C)[C@H]3[C@@H]2C. The number of esters is 1. The summed E-state index contributed by atoms with van der Waals surface area (Å²) in [6.07, 6.45) is -2.18. The topological polar surface area (TPSA) is 157 Å². The number of carbonyl (C=O) groups is 3. The number of aryl methyl sites for hydroxylation is 1. The number of aromatic nitrogens is 2. The summed E-state index contributed by atoms with van der Waals surface area (Å²) in [6.45, 7) is 14.7. The van der Waals surface area contributed by atoms with Crippen LogP contribution in [-0.2, 0) is 39.8 Å². The number of nitrogens with zero attached hydrogens (tertiary/aromatic N) is 6. The maximum absolute atomic E-state index is 17.0. The maximum atomic E-state index is 17.0. The van der Waals surface area contributed by atoms with Crippen molar-refractivity contribution in [3.8, 4) is 0 Å². The molecule has 0 radical (unpaired) electrons. The van der Waals surface area contributed by atoms with Gasteiger partial charge in [0.15, 0.2) is 17.7 Å². The average Bonchev–Trinajstić information content (AvgIpc) is 3.66. The van der Waals surface area contributed by atoms with Crippen LogP contribution in [0.25, 0.3) is 11.0 Å². The molecule has 4 aliphatic rings. The number of Topliss-reactive ketones (excluding diaryl/α,β-unsaturated/α-hetero) is 1. The molecule has 0 spiro atoms. The van der Waals surface area contributed by atoms with Crippen molar-refractivity contribution >= 4 is 34.6 Å². The number of carbonyl (C=O) groups excluding carboxylic acids is 3. The lowest BCUT2D eigenvalue weighted by Crippen LogP contribution is -2.62. The Hall–Kier alpha value is -3.54. The minimum absolute atomic E-state index is 0.139. The van der Waals surface area contributed by atoms with Crippen LogP contribution in [0.3, 0.4) is 0 Å². The van der Waals surface area contributed by atoms with Gasteiger partial charge in [-0.25, -0.2) is 24.0 Å². The van der Waals surface area contributed by atoms with Gasteiger partial charge in [0.2, 0.25) is 0 Å². The summed E-state index contributed by atoms with van der Waals surface area (Å²) < 4.78 is 50.3. The molecule has 1 aromatic heterocycles. The van der Waals surface area contributed by atoms with E-state index in [1.807, 2.05) is 69.0 Å². The average molecular weight is 815 g/mol. The molecule has 6 rings (SSSR count). The van der Waals surface area contributed by atoms with Gasteiger partial charge in [-0.15, -0.1) is 0 Å². The molecule has 2 bridgehead atoms. The number of fused-ring (bicyclic) bond motifs is 2. The van der Waals surface area contributed by atoms with E-state index in [0.29, 0.717) is 25.9 Å². The first-order valence-corrected chi connectivity index (χ1v) is 20.6. The van der Waals surface area contributed by atoms with E-state index in [9.17, 15) is 19.5 Å². The highest BCUT2D eigenvalue weighted by molar-refractivity contribution is 6.08. The first-order valence-electron chi connectivity index (χ1n) is 20.6. The summed E-state index contributed by atoms with van der Waals surface area (Å²) in [5.74, 6) is -4.53. The number of para-hydroxylation sites is 2. The zero-order valence-corrected chi connectivity index (χ0v) is 35.9. The van der Waals surface area contributed by atoms with Gasteiger partial charge in [-0.2, -0.15) is 5.01 Å². The number of aliphatic imine (C=N–C) groups is 1. The highest BCUT2D eigenvalue weighted by atomic mass is 19.1. The van der Waals surface area contributed by atoms with Crippen LogP contribution >= 0.6 is 0 Å². The molecular weight excluding hydrogens is 751 g/mol. The smallest absolute Gasteiger partial charge is 0.425 e. The molecule has 1 unspecified atom stereocenters. The predicted octanol–water partition coefficient (Wildman–Crippen LogP) is 4.78. The first kappa shape index (κ1) is 44.0. The second kappa shape index (κ2) is 16.8. The van der Waals surface area contributed by atoms with Crippen LogP contribution in [0.4, 0.5) is 9.18 Å². The number of hydrazine groups is 1. The van der Waals surface area contributed by atoms with E-state index in [4.69, 9.17) is 28.7 Å². The fourth-order valence-electron chi connectivity index (χ4n) is 9.97. The number of rotatable bonds is 9. The van der Waals surface area contributed by atoms with Gasteiger partial charge >= 0.3 is 12.1 Å². The molecule has 322 valence electrons. The molecule has 5 heterocycles. The van der Waals surface area contributed by atoms with Crippen molar-refractivity contribution in [1.82, 2.24) is 24.5 Å². The number of likely N-dealkylation sites (N-methyl/N-ethyl adjacent to an activating group) is 1. The van der Waals surface area contributed by atoms with Gasteiger partial charge in [0.25, 0.3) is 5.67 Å². The van der Waals surface area contributed by atoms with Crippen molar-refractivity contribution < 1.29 is 47.6 Å². The van der Waals surface area contributed by atoms with E-state index in [2.05, 4.69) is 9.55 Å². The molecule has 4 aliphatic heterocycles.